The number of carbonyl (C=O) groups is 2. The lowest BCUT2D eigenvalue weighted by Gasteiger charge is -2.14. The van der Waals surface area contributed by atoms with Gasteiger partial charge in [0.25, 0.3) is 11.6 Å². The summed E-state index contributed by atoms with van der Waals surface area (Å²) in [6.07, 6.45) is 1.22. The number of nitrogens with two attached hydrogens (primary N) is 1. The van der Waals surface area contributed by atoms with E-state index in [4.69, 9.17) is 10.5 Å². The van der Waals surface area contributed by atoms with Gasteiger partial charge in [0.15, 0.2) is 5.75 Å². The van der Waals surface area contributed by atoms with E-state index in [0.717, 1.165) is 6.07 Å². The lowest BCUT2D eigenvalue weighted by atomic mass is 10.1. The molecule has 0 aliphatic heterocycles. The molecule has 0 spiro atoms. The largest absolute Gasteiger partial charge is 0.494 e. The first-order valence-corrected chi connectivity index (χ1v) is 6.97. The second-order valence-electron chi connectivity index (χ2n) is 5.00. The van der Waals surface area contributed by atoms with Gasteiger partial charge in [-0.25, -0.2) is 4.79 Å². The number of aromatic nitrogens is 1. The molecule has 25 heavy (non-hydrogen) atoms. The van der Waals surface area contributed by atoms with Crippen molar-refractivity contribution in [3.05, 3.63) is 45.8 Å². The number of methoxy groups -OCH3 is 2. The zero-order chi connectivity index (χ0) is 18.7. The van der Waals surface area contributed by atoms with Crippen LogP contribution in [0.5, 0.6) is 5.75 Å². The monoisotopic (exact) mass is 348 g/mol. The van der Waals surface area contributed by atoms with Gasteiger partial charge >= 0.3 is 5.97 Å². The average molecular weight is 348 g/mol. The maximum absolute atomic E-state index is 12.4. The third-order valence-corrected chi connectivity index (χ3v) is 3.49. The fourth-order valence-electron chi connectivity index (χ4n) is 2.26. The summed E-state index contributed by atoms with van der Waals surface area (Å²) >= 11 is 0. The molecule has 0 atom stereocenters. The van der Waals surface area contributed by atoms with E-state index in [0.29, 0.717) is 0 Å². The molecule has 0 aliphatic rings. The molecule has 0 saturated heterocycles. The van der Waals surface area contributed by atoms with Crippen LogP contribution in [0, 0.1) is 10.1 Å². The van der Waals surface area contributed by atoms with Crippen LogP contribution in [0.3, 0.4) is 0 Å². The number of carbonyl (C=O) groups excluding carboxylic acids is 2. The number of hydrogen-bond donors (Lipinski definition) is 2. The van der Waals surface area contributed by atoms with Crippen molar-refractivity contribution in [3.8, 4) is 5.75 Å². The van der Waals surface area contributed by atoms with E-state index in [2.05, 4.69) is 10.1 Å². The number of nitrogens with one attached hydrogen (secondary N) is 1. The van der Waals surface area contributed by atoms with Crippen LogP contribution in [0.4, 0.5) is 17.1 Å². The minimum Gasteiger partial charge on any atom is -0.494 e. The van der Waals surface area contributed by atoms with Gasteiger partial charge in [-0.3, -0.25) is 14.9 Å². The van der Waals surface area contributed by atoms with Gasteiger partial charge in [0.05, 0.1) is 36.7 Å². The smallest absolute Gasteiger partial charge is 0.341 e. The molecule has 0 saturated carbocycles. The van der Waals surface area contributed by atoms with Gasteiger partial charge in [0, 0.05) is 13.1 Å². The second-order valence-corrected chi connectivity index (χ2v) is 5.00. The van der Waals surface area contributed by atoms with E-state index >= 15 is 0 Å². The summed E-state index contributed by atoms with van der Waals surface area (Å²) < 4.78 is 11.1. The summed E-state index contributed by atoms with van der Waals surface area (Å²) in [5.74, 6) is -1.18. The fourth-order valence-corrected chi connectivity index (χ4v) is 2.26. The van der Waals surface area contributed by atoms with E-state index in [-0.39, 0.29) is 34.1 Å². The molecular formula is C15H16N4O6. The number of ether oxygens (including phenoxy) is 2. The van der Waals surface area contributed by atoms with Gasteiger partial charge in [-0.2, -0.15) is 0 Å². The standard InChI is InChI=1S/C15H16N4O6/c1-18-7-8(19(22)23)6-11(18)14(20)17-10-5-4-9(15(21)25-3)13(24-2)12(10)16/h4-7H,16H2,1-3H3,(H,17,20). The van der Waals surface area contributed by atoms with E-state index in [9.17, 15) is 19.7 Å². The molecule has 10 nitrogen and oxygen atoms in total. The zero-order valence-electron chi connectivity index (χ0n) is 13.7. The molecule has 3 N–H and O–H groups in total. The first-order valence-electron chi connectivity index (χ1n) is 6.97. The molecule has 0 fully saturated rings. The molecule has 1 heterocycles. The molecule has 10 heteroatoms. The molecule has 0 radical (unpaired) electrons. The highest BCUT2D eigenvalue weighted by molar-refractivity contribution is 6.07. The molecule has 1 aromatic heterocycles. The Bertz CT molecular complexity index is 858. The SMILES string of the molecule is COC(=O)c1ccc(NC(=O)c2cc([N+](=O)[O-])cn2C)c(N)c1OC. The number of amides is 1. The average Bonchev–Trinajstić information content (AvgIpc) is 2.98. The predicted octanol–water partition coefficient (Wildman–Crippen LogP) is 1.56. The Hall–Kier alpha value is -3.56. The van der Waals surface area contributed by atoms with Crippen molar-refractivity contribution in [3.63, 3.8) is 0 Å². The van der Waals surface area contributed by atoms with E-state index in [1.54, 1.807) is 0 Å². The summed E-state index contributed by atoms with van der Waals surface area (Å²) in [4.78, 5) is 34.3. The Morgan fingerprint density at radius 3 is 2.52 bits per heavy atom. The second kappa shape index (κ2) is 6.91. The van der Waals surface area contributed by atoms with E-state index in [1.165, 1.54) is 44.2 Å². The van der Waals surface area contributed by atoms with Gasteiger partial charge in [-0.15, -0.1) is 0 Å². The minimum atomic E-state index is -0.639. The number of nitro groups is 1. The van der Waals surface area contributed by atoms with Gasteiger partial charge in [0.2, 0.25) is 0 Å². The van der Waals surface area contributed by atoms with E-state index in [1.807, 2.05) is 0 Å². The summed E-state index contributed by atoms with van der Waals surface area (Å²) in [7, 11) is 4.05. The summed E-state index contributed by atoms with van der Waals surface area (Å²) in [5.41, 5.74) is 6.13. The summed E-state index contributed by atoms with van der Waals surface area (Å²) in [6, 6.07) is 3.95. The fraction of sp³-hybridized carbons (Fsp3) is 0.200. The molecule has 2 rings (SSSR count). The quantitative estimate of drug-likeness (QED) is 0.362. The van der Waals surface area contributed by atoms with Crippen molar-refractivity contribution in [1.29, 1.82) is 0 Å². The summed E-state index contributed by atoms with van der Waals surface area (Å²) in [5, 5.41) is 13.3. The molecule has 0 bridgehead atoms. The van der Waals surface area contributed by atoms with Gasteiger partial charge in [-0.1, -0.05) is 0 Å². The van der Waals surface area contributed by atoms with Crippen LogP contribution >= 0.6 is 0 Å². The molecule has 0 unspecified atom stereocenters. The number of nitrogen functional groups attached to an aromatic ring is 1. The zero-order valence-corrected chi connectivity index (χ0v) is 13.7. The Morgan fingerprint density at radius 2 is 2.00 bits per heavy atom. The highest BCUT2D eigenvalue weighted by Crippen LogP contribution is 2.34. The van der Waals surface area contributed by atoms with Crippen LogP contribution in [-0.2, 0) is 11.8 Å². The van der Waals surface area contributed by atoms with Crippen LogP contribution in [0.25, 0.3) is 0 Å². The van der Waals surface area contributed by atoms with Crippen LogP contribution < -0.4 is 15.8 Å². The highest BCUT2D eigenvalue weighted by Gasteiger charge is 2.21. The highest BCUT2D eigenvalue weighted by atomic mass is 16.6. The van der Waals surface area contributed by atoms with Crippen molar-refractivity contribution < 1.29 is 24.0 Å². The van der Waals surface area contributed by atoms with Crippen molar-refractivity contribution in [2.45, 2.75) is 0 Å². The van der Waals surface area contributed by atoms with Crippen LogP contribution in [0.1, 0.15) is 20.8 Å². The van der Waals surface area contributed by atoms with Crippen molar-refractivity contribution in [2.75, 3.05) is 25.3 Å². The number of anilines is 2. The number of rotatable bonds is 5. The third kappa shape index (κ3) is 3.37. The number of nitrogens with zero attached hydrogens (tertiary/aromatic N) is 2. The molecule has 1 aromatic carbocycles. The Labute approximate surface area is 142 Å². The molecule has 132 valence electrons. The van der Waals surface area contributed by atoms with Crippen molar-refractivity contribution in [1.82, 2.24) is 4.57 Å². The normalized spacial score (nSPS) is 10.2. The lowest BCUT2D eigenvalue weighted by molar-refractivity contribution is -0.384. The number of hydrogen-bond acceptors (Lipinski definition) is 7. The summed E-state index contributed by atoms with van der Waals surface area (Å²) in [6.45, 7) is 0. The molecule has 2 aromatic rings. The Balaban J connectivity index is 2.36. The predicted molar refractivity (Wildman–Crippen MR) is 88.8 cm³/mol. The van der Waals surface area contributed by atoms with Crippen LogP contribution in [-0.4, -0.2) is 35.6 Å². The van der Waals surface area contributed by atoms with Crippen LogP contribution in [0.15, 0.2) is 24.4 Å². The maximum atomic E-state index is 12.4. The van der Waals surface area contributed by atoms with Gasteiger partial charge in [0.1, 0.15) is 11.3 Å². The first-order chi connectivity index (χ1) is 11.8. The number of esters is 1. The third-order valence-electron chi connectivity index (χ3n) is 3.49. The Kier molecular flexibility index (Phi) is 4.92. The minimum absolute atomic E-state index is 0.0301. The van der Waals surface area contributed by atoms with Crippen molar-refractivity contribution >= 4 is 28.9 Å². The van der Waals surface area contributed by atoms with Crippen LogP contribution in [0.2, 0.25) is 0 Å². The van der Waals surface area contributed by atoms with E-state index < -0.39 is 16.8 Å². The maximum Gasteiger partial charge on any atom is 0.341 e. The first kappa shape index (κ1) is 17.8. The topological polar surface area (TPSA) is 139 Å². The van der Waals surface area contributed by atoms with Gasteiger partial charge < -0.3 is 25.1 Å². The molecule has 0 aliphatic carbocycles. The molecular weight excluding hydrogens is 332 g/mol. The van der Waals surface area contributed by atoms with Crippen molar-refractivity contribution in [2.24, 2.45) is 7.05 Å². The van der Waals surface area contributed by atoms with Gasteiger partial charge in [-0.05, 0) is 12.1 Å². The number of benzene rings is 1. The molecule has 1 amide bonds. The lowest BCUT2D eigenvalue weighted by Crippen LogP contribution is -2.17. The Morgan fingerprint density at radius 1 is 1.32 bits per heavy atom. The number of aryl methyl sites for hydroxylation is 1.